The van der Waals surface area contributed by atoms with E-state index in [0.717, 1.165) is 15.7 Å². The summed E-state index contributed by atoms with van der Waals surface area (Å²) in [5.41, 5.74) is 2.58. The molecule has 3 aromatic rings. The van der Waals surface area contributed by atoms with Crippen LogP contribution in [-0.4, -0.2) is 22.9 Å². The highest BCUT2D eigenvalue weighted by atomic mass is 79.9. The van der Waals surface area contributed by atoms with Crippen molar-refractivity contribution in [2.75, 3.05) is 6.61 Å². The van der Waals surface area contributed by atoms with Gasteiger partial charge in [-0.3, -0.25) is 0 Å². The number of nitrogens with zero attached hydrogens (tertiary/aromatic N) is 2. The van der Waals surface area contributed by atoms with Crippen LogP contribution in [0.5, 0.6) is 5.75 Å². The van der Waals surface area contributed by atoms with E-state index in [1.54, 1.807) is 12.1 Å². The normalized spacial score (nSPS) is 11.5. The van der Waals surface area contributed by atoms with Crippen molar-refractivity contribution in [2.24, 2.45) is 4.99 Å². The standard InChI is InChI=1S/C18H15BrF2N2O2S.BrH/c19-13-3-1-12(2-4-13)16-11-26-18(23(16)9-10-24)22-14-5-7-15(8-6-14)25-17(20)21;/h1-8,11,17,24H,9-10H2;1H/p-1. The summed E-state index contributed by atoms with van der Waals surface area (Å²) in [6, 6.07) is 14.0. The van der Waals surface area contributed by atoms with Gasteiger partial charge in [0.2, 0.25) is 0 Å². The van der Waals surface area contributed by atoms with Gasteiger partial charge in [0.1, 0.15) is 5.75 Å². The lowest BCUT2D eigenvalue weighted by atomic mass is 10.2. The van der Waals surface area contributed by atoms with E-state index < -0.39 is 6.61 Å². The van der Waals surface area contributed by atoms with E-state index in [2.05, 4.69) is 25.7 Å². The van der Waals surface area contributed by atoms with Crippen LogP contribution in [0, 0.1) is 0 Å². The fourth-order valence-corrected chi connectivity index (χ4v) is 3.62. The second-order valence-electron chi connectivity index (χ2n) is 5.27. The molecule has 1 aromatic heterocycles. The molecule has 144 valence electrons. The SMILES string of the molecule is OCCn1c(-c2ccc(Br)cc2)csc1=Nc1ccc(OC(F)F)cc1.[Br-]. The summed E-state index contributed by atoms with van der Waals surface area (Å²) < 4.78 is 31.7. The Morgan fingerprint density at radius 1 is 1.11 bits per heavy atom. The molecular weight excluding hydrogens is 506 g/mol. The minimum Gasteiger partial charge on any atom is -1.00 e. The van der Waals surface area contributed by atoms with Gasteiger partial charge in [0, 0.05) is 16.4 Å². The lowest BCUT2D eigenvalue weighted by Crippen LogP contribution is -3.00. The van der Waals surface area contributed by atoms with Crippen LogP contribution in [-0.2, 0) is 6.54 Å². The summed E-state index contributed by atoms with van der Waals surface area (Å²) in [4.78, 5) is 5.27. The average Bonchev–Trinajstić information content (AvgIpc) is 3.00. The highest BCUT2D eigenvalue weighted by Crippen LogP contribution is 2.24. The van der Waals surface area contributed by atoms with Gasteiger partial charge in [0.15, 0.2) is 4.80 Å². The summed E-state index contributed by atoms with van der Waals surface area (Å²) in [6.45, 7) is -2.47. The van der Waals surface area contributed by atoms with Crippen LogP contribution < -0.4 is 26.5 Å². The third kappa shape index (κ3) is 5.71. The molecule has 0 amide bonds. The largest absolute Gasteiger partial charge is 1.00 e. The Morgan fingerprint density at radius 3 is 2.37 bits per heavy atom. The van der Waals surface area contributed by atoms with Crippen LogP contribution in [0.25, 0.3) is 11.3 Å². The van der Waals surface area contributed by atoms with E-state index in [1.807, 2.05) is 34.2 Å². The molecule has 1 heterocycles. The smallest absolute Gasteiger partial charge is 0.387 e. The van der Waals surface area contributed by atoms with Crippen molar-refractivity contribution < 1.29 is 35.6 Å². The third-order valence-corrected chi connectivity index (χ3v) is 4.94. The number of aliphatic hydroxyl groups excluding tert-OH is 1. The molecule has 0 radical (unpaired) electrons. The minimum atomic E-state index is -2.85. The fraction of sp³-hybridized carbons (Fsp3) is 0.167. The van der Waals surface area contributed by atoms with Crippen molar-refractivity contribution in [3.63, 3.8) is 0 Å². The Morgan fingerprint density at radius 2 is 1.78 bits per heavy atom. The van der Waals surface area contributed by atoms with Crippen molar-refractivity contribution in [1.29, 1.82) is 0 Å². The molecule has 2 aromatic carbocycles. The van der Waals surface area contributed by atoms with Crippen LogP contribution in [0.1, 0.15) is 0 Å². The first-order valence-electron chi connectivity index (χ1n) is 7.71. The number of aromatic nitrogens is 1. The summed E-state index contributed by atoms with van der Waals surface area (Å²) >= 11 is 4.86. The second kappa shape index (κ2) is 10.1. The molecule has 0 aliphatic rings. The molecule has 0 bridgehead atoms. The Labute approximate surface area is 177 Å². The third-order valence-electron chi connectivity index (χ3n) is 3.55. The number of hydrogen-bond acceptors (Lipinski definition) is 4. The van der Waals surface area contributed by atoms with Crippen molar-refractivity contribution >= 4 is 33.0 Å². The Balaban J connectivity index is 0.00000261. The lowest BCUT2D eigenvalue weighted by Gasteiger charge is -2.08. The molecule has 0 aliphatic heterocycles. The van der Waals surface area contributed by atoms with Crippen LogP contribution in [0.2, 0.25) is 0 Å². The van der Waals surface area contributed by atoms with E-state index in [9.17, 15) is 13.9 Å². The monoisotopic (exact) mass is 519 g/mol. The van der Waals surface area contributed by atoms with Gasteiger partial charge in [-0.15, -0.1) is 11.3 Å². The molecule has 0 saturated heterocycles. The van der Waals surface area contributed by atoms with Gasteiger partial charge in [-0.05, 0) is 42.0 Å². The number of halogens is 4. The maximum atomic E-state index is 12.2. The van der Waals surface area contributed by atoms with E-state index in [1.165, 1.54) is 23.5 Å². The minimum absolute atomic E-state index is 0. The number of ether oxygens (including phenoxy) is 1. The number of alkyl halides is 2. The molecule has 0 fully saturated rings. The summed E-state index contributed by atoms with van der Waals surface area (Å²) in [5.74, 6) is 0.0870. The van der Waals surface area contributed by atoms with Gasteiger partial charge >= 0.3 is 6.61 Å². The summed E-state index contributed by atoms with van der Waals surface area (Å²) in [7, 11) is 0. The van der Waals surface area contributed by atoms with Gasteiger partial charge in [-0.1, -0.05) is 28.1 Å². The predicted octanol–water partition coefficient (Wildman–Crippen LogP) is 1.81. The Bertz CT molecular complexity index is 926. The molecule has 27 heavy (non-hydrogen) atoms. The Hall–Kier alpha value is -1.55. The second-order valence-corrected chi connectivity index (χ2v) is 7.02. The molecule has 0 saturated carbocycles. The van der Waals surface area contributed by atoms with Crippen molar-refractivity contribution in [1.82, 2.24) is 4.57 Å². The fourth-order valence-electron chi connectivity index (χ4n) is 2.40. The van der Waals surface area contributed by atoms with Crippen LogP contribution in [0.15, 0.2) is 63.4 Å². The molecule has 0 aliphatic carbocycles. The van der Waals surface area contributed by atoms with E-state index in [0.29, 0.717) is 17.0 Å². The Kier molecular flexibility index (Phi) is 8.15. The van der Waals surface area contributed by atoms with Crippen LogP contribution in [0.3, 0.4) is 0 Å². The lowest BCUT2D eigenvalue weighted by molar-refractivity contribution is -0.0498. The molecule has 3 rings (SSSR count). The molecule has 1 N–H and O–H groups in total. The van der Waals surface area contributed by atoms with Crippen LogP contribution in [0.4, 0.5) is 14.5 Å². The quantitative estimate of drug-likeness (QED) is 0.539. The number of thiazole rings is 1. The highest BCUT2D eigenvalue weighted by Gasteiger charge is 2.08. The van der Waals surface area contributed by atoms with Crippen molar-refractivity contribution in [3.8, 4) is 17.0 Å². The first kappa shape index (κ1) is 21.7. The number of aliphatic hydroxyl groups is 1. The van der Waals surface area contributed by atoms with Gasteiger partial charge in [0.25, 0.3) is 0 Å². The topological polar surface area (TPSA) is 46.8 Å². The molecule has 9 heteroatoms. The molecule has 0 atom stereocenters. The number of hydrogen-bond donors (Lipinski definition) is 1. The number of benzene rings is 2. The zero-order chi connectivity index (χ0) is 18.5. The summed E-state index contributed by atoms with van der Waals surface area (Å²) in [6.07, 6.45) is 0. The zero-order valence-electron chi connectivity index (χ0n) is 13.9. The number of rotatable bonds is 6. The summed E-state index contributed by atoms with van der Waals surface area (Å²) in [5, 5.41) is 11.4. The van der Waals surface area contributed by atoms with Gasteiger partial charge in [-0.25, -0.2) is 4.99 Å². The van der Waals surface area contributed by atoms with E-state index in [-0.39, 0.29) is 29.3 Å². The average molecular weight is 521 g/mol. The predicted molar refractivity (Wildman–Crippen MR) is 101 cm³/mol. The van der Waals surface area contributed by atoms with Crippen molar-refractivity contribution in [3.05, 3.63) is 63.2 Å². The first-order chi connectivity index (χ1) is 12.6. The zero-order valence-corrected chi connectivity index (χ0v) is 17.8. The molecule has 0 spiro atoms. The van der Waals surface area contributed by atoms with E-state index >= 15 is 0 Å². The van der Waals surface area contributed by atoms with Gasteiger partial charge in [0.05, 0.1) is 18.0 Å². The van der Waals surface area contributed by atoms with Gasteiger partial charge < -0.3 is 31.4 Å². The first-order valence-corrected chi connectivity index (χ1v) is 9.39. The van der Waals surface area contributed by atoms with Crippen molar-refractivity contribution in [2.45, 2.75) is 13.2 Å². The van der Waals surface area contributed by atoms with Crippen LogP contribution >= 0.6 is 27.3 Å². The molecule has 0 unspecified atom stereocenters. The molecule has 4 nitrogen and oxygen atoms in total. The maximum Gasteiger partial charge on any atom is 0.387 e. The van der Waals surface area contributed by atoms with Gasteiger partial charge in [-0.2, -0.15) is 8.78 Å². The highest BCUT2D eigenvalue weighted by molar-refractivity contribution is 9.10. The maximum absolute atomic E-state index is 12.2. The molecular formula is C18H15Br2F2N2O2S-. The van der Waals surface area contributed by atoms with E-state index in [4.69, 9.17) is 0 Å².